The number of carbonyl (C=O) groups is 1. The fourth-order valence-corrected chi connectivity index (χ4v) is 8.44. The van der Waals surface area contributed by atoms with Crippen LogP contribution < -0.4 is 20.7 Å². The van der Waals surface area contributed by atoms with Crippen molar-refractivity contribution in [3.8, 4) is 28.3 Å². The van der Waals surface area contributed by atoms with Crippen molar-refractivity contribution in [2.75, 3.05) is 63.0 Å². The molecule has 5 aromatic rings. The maximum atomic E-state index is 15.5. The van der Waals surface area contributed by atoms with E-state index in [1.54, 1.807) is 18.6 Å². The van der Waals surface area contributed by atoms with Crippen LogP contribution in [0.2, 0.25) is 0 Å². The molecule has 1 aliphatic carbocycles. The summed E-state index contributed by atoms with van der Waals surface area (Å²) in [4.78, 5) is 33.1. The average Bonchev–Trinajstić information content (AvgIpc) is 3.54. The molecule has 3 aromatic carbocycles. The molecule has 56 heavy (non-hydrogen) atoms. The van der Waals surface area contributed by atoms with E-state index in [9.17, 15) is 4.79 Å². The minimum absolute atomic E-state index is 0.0581. The number of halogens is 1. The standard InChI is InChI=1S/C45H51FN8O2/c46-39-28-34(40-29-49-44(47)45(50-40)56-31-33-15-19-48-20-16-33)13-14-41(39)54-22-17-32(18-23-54)30-53-26-24-52(25-27-53)21-7-1-2-12-42(55)51-43-37-10-5-3-8-35(37)36-9-4-6-11-38(36)43/h3-6,8-11,13-16,19-20,28-29,32,43H,1-2,7,12,17-18,21-27,30-31H2,(H2,47,49)(H,51,55). The third-order valence-corrected chi connectivity index (χ3v) is 11.6. The van der Waals surface area contributed by atoms with E-state index in [0.29, 0.717) is 29.3 Å². The van der Waals surface area contributed by atoms with Crippen LogP contribution in [0, 0.1) is 11.7 Å². The zero-order valence-corrected chi connectivity index (χ0v) is 32.0. The zero-order valence-electron chi connectivity index (χ0n) is 32.0. The number of piperidine rings is 1. The van der Waals surface area contributed by atoms with Gasteiger partial charge in [0.2, 0.25) is 5.91 Å². The molecular weight excluding hydrogens is 704 g/mol. The molecule has 0 saturated carbocycles. The summed E-state index contributed by atoms with van der Waals surface area (Å²) in [5.41, 5.74) is 13.5. The van der Waals surface area contributed by atoms with Crippen LogP contribution in [-0.2, 0) is 11.4 Å². The van der Waals surface area contributed by atoms with E-state index >= 15 is 4.39 Å². The van der Waals surface area contributed by atoms with Crippen molar-refractivity contribution in [2.45, 2.75) is 51.2 Å². The van der Waals surface area contributed by atoms with Crippen LogP contribution in [0.5, 0.6) is 5.88 Å². The number of amides is 1. The summed E-state index contributed by atoms with van der Waals surface area (Å²) in [6, 6.07) is 25.7. The van der Waals surface area contributed by atoms with Gasteiger partial charge in [-0.3, -0.25) is 9.78 Å². The molecule has 1 amide bonds. The number of fused-ring (bicyclic) bond motifs is 3. The second-order valence-electron chi connectivity index (χ2n) is 15.3. The Kier molecular flexibility index (Phi) is 11.8. The average molecular weight is 755 g/mol. The Morgan fingerprint density at radius 1 is 0.839 bits per heavy atom. The number of anilines is 2. The number of hydrogen-bond acceptors (Lipinski definition) is 9. The van der Waals surface area contributed by atoms with Crippen molar-refractivity contribution in [1.29, 1.82) is 0 Å². The van der Waals surface area contributed by atoms with Crippen LogP contribution in [0.4, 0.5) is 15.9 Å². The number of hydrogen-bond donors (Lipinski definition) is 2. The Morgan fingerprint density at radius 2 is 1.54 bits per heavy atom. The quantitative estimate of drug-likeness (QED) is 0.115. The highest BCUT2D eigenvalue weighted by Crippen LogP contribution is 2.43. The smallest absolute Gasteiger partial charge is 0.258 e. The van der Waals surface area contributed by atoms with E-state index in [-0.39, 0.29) is 36.1 Å². The topological polar surface area (TPSA) is 113 Å². The van der Waals surface area contributed by atoms with Gasteiger partial charge in [-0.05, 0) is 90.2 Å². The van der Waals surface area contributed by atoms with Gasteiger partial charge in [0.05, 0.1) is 23.6 Å². The number of carbonyl (C=O) groups excluding carboxylic acids is 1. The summed E-state index contributed by atoms with van der Waals surface area (Å²) in [6.45, 7) is 8.53. The van der Waals surface area contributed by atoms with Crippen molar-refractivity contribution in [3.63, 3.8) is 0 Å². The lowest BCUT2D eigenvalue weighted by Gasteiger charge is -2.39. The Balaban J connectivity index is 0.722. The molecule has 10 nitrogen and oxygen atoms in total. The van der Waals surface area contributed by atoms with Crippen LogP contribution in [0.3, 0.4) is 0 Å². The van der Waals surface area contributed by atoms with Gasteiger partial charge in [0.25, 0.3) is 5.88 Å². The second kappa shape index (κ2) is 17.6. The first kappa shape index (κ1) is 37.5. The summed E-state index contributed by atoms with van der Waals surface area (Å²) < 4.78 is 21.3. The summed E-state index contributed by atoms with van der Waals surface area (Å²) >= 11 is 0. The molecule has 0 unspecified atom stereocenters. The summed E-state index contributed by atoms with van der Waals surface area (Å²) in [5, 5.41) is 3.31. The van der Waals surface area contributed by atoms with Crippen LogP contribution in [0.25, 0.3) is 22.4 Å². The molecule has 290 valence electrons. The van der Waals surface area contributed by atoms with Crippen molar-refractivity contribution in [2.24, 2.45) is 5.92 Å². The molecule has 3 N–H and O–H groups in total. The number of aromatic nitrogens is 3. The van der Waals surface area contributed by atoms with E-state index in [2.05, 4.69) is 83.5 Å². The van der Waals surface area contributed by atoms with Gasteiger partial charge in [0.1, 0.15) is 12.4 Å². The third-order valence-electron chi connectivity index (χ3n) is 11.6. The van der Waals surface area contributed by atoms with E-state index in [1.165, 1.54) is 28.3 Å². The number of nitrogens with zero attached hydrogens (tertiary/aromatic N) is 6. The number of rotatable bonds is 14. The lowest BCUT2D eigenvalue weighted by Crippen LogP contribution is -2.49. The molecule has 2 saturated heterocycles. The molecular formula is C45H51FN8O2. The number of unbranched alkanes of at least 4 members (excludes halogenated alkanes) is 2. The summed E-state index contributed by atoms with van der Waals surface area (Å²) in [6.07, 6.45) is 10.7. The van der Waals surface area contributed by atoms with E-state index in [1.807, 2.05) is 24.3 Å². The first-order valence-electron chi connectivity index (χ1n) is 20.1. The van der Waals surface area contributed by atoms with Gasteiger partial charge < -0.3 is 30.5 Å². The highest BCUT2D eigenvalue weighted by molar-refractivity contribution is 5.83. The predicted octanol–water partition coefficient (Wildman–Crippen LogP) is 7.12. The SMILES string of the molecule is Nc1ncc(-c2ccc(N3CCC(CN4CCN(CCCCCC(=O)NC5c6ccccc6-c6ccccc65)CC4)CC3)c(F)c2)nc1OCc1ccncc1. The van der Waals surface area contributed by atoms with E-state index in [0.717, 1.165) is 90.0 Å². The Hall–Kier alpha value is -5.39. The minimum atomic E-state index is -0.264. The maximum Gasteiger partial charge on any atom is 0.258 e. The summed E-state index contributed by atoms with van der Waals surface area (Å²) in [7, 11) is 0. The van der Waals surface area contributed by atoms with Crippen LogP contribution in [-0.4, -0.2) is 83.0 Å². The van der Waals surface area contributed by atoms with E-state index in [4.69, 9.17) is 10.5 Å². The fourth-order valence-electron chi connectivity index (χ4n) is 8.44. The van der Waals surface area contributed by atoms with Gasteiger partial charge in [0, 0.05) is 70.2 Å². The van der Waals surface area contributed by atoms with Gasteiger partial charge >= 0.3 is 0 Å². The lowest BCUT2D eigenvalue weighted by atomic mass is 9.95. The summed E-state index contributed by atoms with van der Waals surface area (Å²) in [5.74, 6) is 0.895. The number of nitrogens with one attached hydrogen (secondary N) is 1. The number of nitrogens with two attached hydrogens (primary N) is 1. The zero-order chi connectivity index (χ0) is 38.3. The van der Waals surface area contributed by atoms with E-state index < -0.39 is 0 Å². The molecule has 4 heterocycles. The van der Waals surface area contributed by atoms with Crippen LogP contribution in [0.15, 0.2) is 97.5 Å². The molecule has 2 aromatic heterocycles. The van der Waals surface area contributed by atoms with Crippen molar-refractivity contribution >= 4 is 17.4 Å². The molecule has 0 radical (unpaired) electrons. The lowest BCUT2D eigenvalue weighted by molar-refractivity contribution is -0.121. The molecule has 8 rings (SSSR count). The maximum absolute atomic E-state index is 15.5. The number of ether oxygens (including phenoxy) is 1. The third kappa shape index (κ3) is 8.85. The number of piperazine rings is 1. The molecule has 0 spiro atoms. The van der Waals surface area contributed by atoms with Gasteiger partial charge in [-0.25, -0.2) is 14.4 Å². The van der Waals surface area contributed by atoms with Crippen LogP contribution >= 0.6 is 0 Å². The number of nitrogen functional groups attached to an aromatic ring is 1. The van der Waals surface area contributed by atoms with Gasteiger partial charge in [-0.15, -0.1) is 0 Å². The highest BCUT2D eigenvalue weighted by Gasteiger charge is 2.29. The molecule has 2 fully saturated rings. The largest absolute Gasteiger partial charge is 0.470 e. The predicted molar refractivity (Wildman–Crippen MR) is 219 cm³/mol. The molecule has 0 atom stereocenters. The molecule has 2 aliphatic heterocycles. The van der Waals surface area contributed by atoms with Crippen LogP contribution in [0.1, 0.15) is 61.3 Å². The number of pyridine rings is 1. The van der Waals surface area contributed by atoms with Crippen molar-refractivity contribution < 1.29 is 13.9 Å². The molecule has 0 bridgehead atoms. The normalized spacial score (nSPS) is 16.4. The number of benzene rings is 3. The Morgan fingerprint density at radius 3 is 2.25 bits per heavy atom. The first-order chi connectivity index (χ1) is 27.5. The van der Waals surface area contributed by atoms with Gasteiger partial charge in [0.15, 0.2) is 5.82 Å². The second-order valence-corrected chi connectivity index (χ2v) is 15.3. The molecule has 11 heteroatoms. The van der Waals surface area contributed by atoms with Gasteiger partial charge in [-0.1, -0.05) is 61.0 Å². The fraction of sp³-hybridized carbons (Fsp3) is 0.378. The monoisotopic (exact) mass is 754 g/mol. The van der Waals surface area contributed by atoms with Crippen molar-refractivity contribution in [1.82, 2.24) is 30.1 Å². The van der Waals surface area contributed by atoms with Gasteiger partial charge in [-0.2, -0.15) is 0 Å². The molecule has 3 aliphatic rings. The first-order valence-corrected chi connectivity index (χ1v) is 20.1. The minimum Gasteiger partial charge on any atom is -0.470 e. The Labute approximate surface area is 328 Å². The highest BCUT2D eigenvalue weighted by atomic mass is 19.1. The van der Waals surface area contributed by atoms with Crippen molar-refractivity contribution in [3.05, 3.63) is 120 Å². The Bertz CT molecular complexity index is 2050.